The highest BCUT2D eigenvalue weighted by atomic mass is 79.9. The van der Waals surface area contributed by atoms with Crippen LogP contribution in [0.4, 0.5) is 5.69 Å². The molecule has 1 amide bonds. The van der Waals surface area contributed by atoms with Crippen molar-refractivity contribution in [1.82, 2.24) is 0 Å². The van der Waals surface area contributed by atoms with Crippen molar-refractivity contribution in [3.63, 3.8) is 0 Å². The second-order valence-electron chi connectivity index (χ2n) is 2.61. The Morgan fingerprint density at radius 2 is 2.15 bits per heavy atom. The Bertz CT molecular complexity index is 314. The van der Waals surface area contributed by atoms with Crippen LogP contribution in [-0.2, 0) is 4.79 Å². The number of carbonyl (C=O) groups excluding carboxylic acids is 1. The van der Waals surface area contributed by atoms with Crippen LogP contribution in [0.2, 0.25) is 0 Å². The Hall–Kier alpha value is -0.870. The van der Waals surface area contributed by atoms with E-state index in [1.807, 2.05) is 24.3 Å². The number of amides is 1. The summed E-state index contributed by atoms with van der Waals surface area (Å²) in [5, 5.41) is 0. The fourth-order valence-electron chi connectivity index (χ4n) is 0.995. The van der Waals surface area contributed by atoms with Crippen LogP contribution >= 0.6 is 15.9 Å². The average Bonchev–Trinajstić information content (AvgIpc) is 2.16. The van der Waals surface area contributed by atoms with Gasteiger partial charge in [0, 0.05) is 11.5 Å². The number of para-hydroxylation sites is 1. The Labute approximate surface area is 85.7 Å². The highest BCUT2D eigenvalue weighted by molar-refractivity contribution is 9.10. The molecule has 1 rings (SSSR count). The molecule has 0 aliphatic carbocycles. The molecule has 1 aromatic carbocycles. The normalized spacial score (nSPS) is 9.77. The molecule has 0 saturated heterocycles. The van der Waals surface area contributed by atoms with Gasteiger partial charge < -0.3 is 10.6 Å². The summed E-state index contributed by atoms with van der Waals surface area (Å²) < 4.78 is 0.888. The quantitative estimate of drug-likeness (QED) is 0.852. The first-order valence-corrected chi connectivity index (χ1v) is 4.67. The first-order chi connectivity index (χ1) is 6.16. The number of anilines is 1. The van der Waals surface area contributed by atoms with Gasteiger partial charge in [-0.2, -0.15) is 0 Å². The summed E-state index contributed by atoms with van der Waals surface area (Å²) in [4.78, 5) is 12.8. The standard InChI is InChI=1S/C9H11BrN2O/c1-12(9(13)6-11)8-5-3-2-4-7(8)10/h2-5H,6,11H2,1H3. The van der Waals surface area contributed by atoms with Gasteiger partial charge in [0.15, 0.2) is 0 Å². The SMILES string of the molecule is CN(C(=O)CN)c1ccccc1Br. The van der Waals surface area contributed by atoms with Gasteiger partial charge in [-0.25, -0.2) is 0 Å². The molecule has 2 N–H and O–H groups in total. The summed E-state index contributed by atoms with van der Waals surface area (Å²) in [6.45, 7) is 0.0256. The summed E-state index contributed by atoms with van der Waals surface area (Å²) in [5.74, 6) is -0.105. The molecule has 0 spiro atoms. The summed E-state index contributed by atoms with van der Waals surface area (Å²) >= 11 is 3.36. The van der Waals surface area contributed by atoms with Crippen LogP contribution in [-0.4, -0.2) is 19.5 Å². The van der Waals surface area contributed by atoms with Gasteiger partial charge >= 0.3 is 0 Å². The maximum absolute atomic E-state index is 11.2. The third-order valence-electron chi connectivity index (χ3n) is 1.76. The largest absolute Gasteiger partial charge is 0.322 e. The van der Waals surface area contributed by atoms with Crippen molar-refractivity contribution in [1.29, 1.82) is 0 Å². The van der Waals surface area contributed by atoms with Gasteiger partial charge in [-0.15, -0.1) is 0 Å². The Morgan fingerprint density at radius 1 is 1.54 bits per heavy atom. The maximum atomic E-state index is 11.2. The van der Waals surface area contributed by atoms with Crippen LogP contribution in [0.25, 0.3) is 0 Å². The molecule has 0 unspecified atom stereocenters. The molecule has 3 nitrogen and oxygen atoms in total. The topological polar surface area (TPSA) is 46.3 Å². The molecule has 0 aliphatic rings. The van der Waals surface area contributed by atoms with Crippen molar-refractivity contribution in [3.05, 3.63) is 28.7 Å². The van der Waals surface area contributed by atoms with E-state index in [4.69, 9.17) is 5.73 Å². The first kappa shape index (κ1) is 10.2. The van der Waals surface area contributed by atoms with E-state index < -0.39 is 0 Å². The fourth-order valence-corrected chi connectivity index (χ4v) is 1.55. The molecule has 0 aliphatic heterocycles. The van der Waals surface area contributed by atoms with E-state index in [2.05, 4.69) is 15.9 Å². The van der Waals surface area contributed by atoms with E-state index >= 15 is 0 Å². The van der Waals surface area contributed by atoms with E-state index in [1.165, 1.54) is 4.90 Å². The second kappa shape index (κ2) is 4.39. The molecule has 70 valence electrons. The minimum Gasteiger partial charge on any atom is -0.322 e. The number of hydrogen-bond acceptors (Lipinski definition) is 2. The van der Waals surface area contributed by atoms with Crippen LogP contribution in [0.15, 0.2) is 28.7 Å². The predicted molar refractivity (Wildman–Crippen MR) is 56.6 cm³/mol. The molecular weight excluding hydrogens is 232 g/mol. The number of nitrogens with two attached hydrogens (primary N) is 1. The van der Waals surface area contributed by atoms with Crippen molar-refractivity contribution in [2.45, 2.75) is 0 Å². The van der Waals surface area contributed by atoms with Gasteiger partial charge in [0.1, 0.15) is 0 Å². The highest BCUT2D eigenvalue weighted by Crippen LogP contribution is 2.24. The zero-order valence-electron chi connectivity index (χ0n) is 7.33. The molecule has 0 bridgehead atoms. The summed E-state index contributed by atoms with van der Waals surface area (Å²) in [6.07, 6.45) is 0. The number of halogens is 1. The van der Waals surface area contributed by atoms with Crippen molar-refractivity contribution < 1.29 is 4.79 Å². The van der Waals surface area contributed by atoms with Crippen molar-refractivity contribution in [3.8, 4) is 0 Å². The number of nitrogens with zero attached hydrogens (tertiary/aromatic N) is 1. The van der Waals surface area contributed by atoms with Crippen LogP contribution in [0.3, 0.4) is 0 Å². The molecule has 0 atom stereocenters. The third kappa shape index (κ3) is 2.29. The number of benzene rings is 1. The Kier molecular flexibility index (Phi) is 3.45. The van der Waals surface area contributed by atoms with E-state index in [1.54, 1.807) is 7.05 Å². The fraction of sp³-hybridized carbons (Fsp3) is 0.222. The Morgan fingerprint density at radius 3 is 2.69 bits per heavy atom. The first-order valence-electron chi connectivity index (χ1n) is 3.88. The van der Waals surface area contributed by atoms with E-state index in [9.17, 15) is 4.79 Å². The molecule has 13 heavy (non-hydrogen) atoms. The lowest BCUT2D eigenvalue weighted by Crippen LogP contribution is -2.32. The Balaban J connectivity index is 2.95. The average molecular weight is 243 g/mol. The van der Waals surface area contributed by atoms with Gasteiger partial charge in [0.2, 0.25) is 5.91 Å². The monoisotopic (exact) mass is 242 g/mol. The van der Waals surface area contributed by atoms with E-state index in [0.29, 0.717) is 0 Å². The zero-order chi connectivity index (χ0) is 9.84. The van der Waals surface area contributed by atoms with Crippen LogP contribution in [0.1, 0.15) is 0 Å². The van der Waals surface area contributed by atoms with Crippen molar-refractivity contribution >= 4 is 27.5 Å². The number of carbonyl (C=O) groups is 1. The van der Waals surface area contributed by atoms with Crippen LogP contribution in [0, 0.1) is 0 Å². The van der Waals surface area contributed by atoms with Gasteiger partial charge in [0.05, 0.1) is 12.2 Å². The van der Waals surface area contributed by atoms with Gasteiger partial charge in [-0.1, -0.05) is 12.1 Å². The molecule has 0 saturated carbocycles. The molecular formula is C9H11BrN2O. The summed E-state index contributed by atoms with van der Waals surface area (Å²) in [7, 11) is 1.70. The van der Waals surface area contributed by atoms with Crippen molar-refractivity contribution in [2.75, 3.05) is 18.5 Å². The molecule has 0 fully saturated rings. The molecule has 0 radical (unpaired) electrons. The number of rotatable bonds is 2. The maximum Gasteiger partial charge on any atom is 0.240 e. The smallest absolute Gasteiger partial charge is 0.240 e. The van der Waals surface area contributed by atoms with E-state index in [-0.39, 0.29) is 12.5 Å². The van der Waals surface area contributed by atoms with Crippen LogP contribution in [0.5, 0.6) is 0 Å². The van der Waals surface area contributed by atoms with Gasteiger partial charge in [0.25, 0.3) is 0 Å². The van der Waals surface area contributed by atoms with Crippen molar-refractivity contribution in [2.24, 2.45) is 5.73 Å². The minimum absolute atomic E-state index is 0.0256. The molecule has 4 heteroatoms. The van der Waals surface area contributed by atoms with Gasteiger partial charge in [-0.05, 0) is 28.1 Å². The lowest BCUT2D eigenvalue weighted by Gasteiger charge is -2.17. The molecule has 0 heterocycles. The lowest BCUT2D eigenvalue weighted by atomic mass is 10.3. The van der Waals surface area contributed by atoms with Gasteiger partial charge in [-0.3, -0.25) is 4.79 Å². The lowest BCUT2D eigenvalue weighted by molar-refractivity contribution is -0.117. The van der Waals surface area contributed by atoms with Crippen LogP contribution < -0.4 is 10.6 Å². The number of likely N-dealkylation sites (N-methyl/N-ethyl adjacent to an activating group) is 1. The third-order valence-corrected chi connectivity index (χ3v) is 2.43. The summed E-state index contributed by atoms with van der Waals surface area (Å²) in [5.41, 5.74) is 6.09. The summed E-state index contributed by atoms with van der Waals surface area (Å²) in [6, 6.07) is 7.52. The zero-order valence-corrected chi connectivity index (χ0v) is 8.91. The minimum atomic E-state index is -0.105. The van der Waals surface area contributed by atoms with E-state index in [0.717, 1.165) is 10.2 Å². The highest BCUT2D eigenvalue weighted by Gasteiger charge is 2.10. The second-order valence-corrected chi connectivity index (χ2v) is 3.46. The number of hydrogen-bond donors (Lipinski definition) is 1. The molecule has 1 aromatic rings. The predicted octanol–water partition coefficient (Wildman–Crippen LogP) is 1.37. The molecule has 0 aromatic heterocycles.